The molecule has 15 nitrogen and oxygen atoms in total. The number of esters is 2. The number of hydrogen-bond donors (Lipinski definition) is 3. The van der Waals surface area contributed by atoms with E-state index in [1.807, 2.05) is 0 Å². The maximum absolute atomic E-state index is 13.9. The first kappa shape index (κ1) is 38.5. The number of anilines is 1. The lowest BCUT2D eigenvalue weighted by molar-refractivity contribution is -0.177. The fourth-order valence-corrected chi connectivity index (χ4v) is 7.44. The molecule has 0 bridgehead atoms. The standard InChI is InChI=1S/C34H42ClN4O11P/c1-20(32(42)46-18-47-33(43)34(2,3)4)49-51(44,50-22-12-6-5-7-13-22)19-45-17-25-27(40)28(41)31(48-25)39-15-14-23-26(37-21-10-8-9-11-21)24(16-36)29(35)38-30(23)39/h5-7,12-15,20-21,25,27-28,31,40-41H,8-11,17-19H2,1-4H3,(H,37,38)/t20-,25?,27+,28+,31+,51-/m0/s1. The quantitative estimate of drug-likeness (QED) is 0.0832. The van der Waals surface area contributed by atoms with E-state index in [-0.39, 0.29) is 29.1 Å². The Hall–Kier alpha value is -3.74. The zero-order chi connectivity index (χ0) is 36.9. The number of hydrogen-bond acceptors (Lipinski definition) is 14. The summed E-state index contributed by atoms with van der Waals surface area (Å²) in [4.78, 5) is 29.0. The molecule has 3 N–H and O–H groups in total. The number of aliphatic hydroxyl groups excluding tert-OH is 2. The van der Waals surface area contributed by atoms with Crippen molar-refractivity contribution in [2.75, 3.05) is 25.1 Å². The van der Waals surface area contributed by atoms with Crippen molar-refractivity contribution in [3.8, 4) is 11.8 Å². The smallest absolute Gasteiger partial charge is 0.405 e. The Kier molecular flexibility index (Phi) is 12.3. The number of aliphatic hydroxyl groups is 2. The van der Waals surface area contributed by atoms with Gasteiger partial charge >= 0.3 is 19.5 Å². The van der Waals surface area contributed by atoms with Crippen LogP contribution in [0.1, 0.15) is 65.2 Å². The van der Waals surface area contributed by atoms with Gasteiger partial charge in [0.05, 0.1) is 17.7 Å². The highest BCUT2D eigenvalue weighted by Crippen LogP contribution is 2.50. The highest BCUT2D eigenvalue weighted by Gasteiger charge is 2.45. The van der Waals surface area contributed by atoms with Gasteiger partial charge in [-0.2, -0.15) is 5.26 Å². The van der Waals surface area contributed by atoms with Crippen molar-refractivity contribution >= 4 is 47.9 Å². The highest BCUT2D eigenvalue weighted by atomic mass is 35.5. The second-order valence-electron chi connectivity index (χ2n) is 13.4. The van der Waals surface area contributed by atoms with Crippen LogP contribution in [-0.4, -0.2) is 81.9 Å². The first-order valence-corrected chi connectivity index (χ1v) is 18.6. The van der Waals surface area contributed by atoms with Crippen LogP contribution in [-0.2, 0) is 37.6 Å². The summed E-state index contributed by atoms with van der Waals surface area (Å²) in [6.07, 6.45) is -1.49. The number of ether oxygens (including phenoxy) is 4. The van der Waals surface area contributed by atoms with Gasteiger partial charge in [0, 0.05) is 17.6 Å². The molecule has 1 aliphatic carbocycles. The van der Waals surface area contributed by atoms with E-state index in [1.165, 1.54) is 23.6 Å². The van der Waals surface area contributed by atoms with E-state index < -0.39 is 68.7 Å². The molecule has 276 valence electrons. The fraction of sp³-hybridized carbons (Fsp3) is 0.529. The van der Waals surface area contributed by atoms with E-state index in [1.54, 1.807) is 51.2 Å². The van der Waals surface area contributed by atoms with Crippen LogP contribution in [0.4, 0.5) is 5.69 Å². The molecule has 3 heterocycles. The number of benzene rings is 1. The number of aromatic nitrogens is 2. The third-order valence-electron chi connectivity index (χ3n) is 8.42. The van der Waals surface area contributed by atoms with Crippen molar-refractivity contribution in [3.05, 3.63) is 53.3 Å². The van der Waals surface area contributed by atoms with Crippen molar-refractivity contribution in [1.29, 1.82) is 5.26 Å². The maximum atomic E-state index is 13.9. The van der Waals surface area contributed by atoms with E-state index in [9.17, 15) is 29.6 Å². The van der Waals surface area contributed by atoms with Crippen LogP contribution in [0, 0.1) is 16.7 Å². The molecule has 0 amide bonds. The monoisotopic (exact) mass is 748 g/mol. The largest absolute Gasteiger partial charge is 0.427 e. The number of rotatable bonds is 14. The summed E-state index contributed by atoms with van der Waals surface area (Å²) in [5.74, 6) is -1.38. The third kappa shape index (κ3) is 9.20. The summed E-state index contributed by atoms with van der Waals surface area (Å²) in [5.41, 5.74) is 0.282. The van der Waals surface area contributed by atoms with Gasteiger partial charge in [-0.15, -0.1) is 0 Å². The molecule has 1 unspecified atom stereocenters. The Bertz CT molecular complexity index is 1790. The van der Waals surface area contributed by atoms with E-state index in [0.29, 0.717) is 16.7 Å². The normalized spacial score (nSPS) is 22.6. The average Bonchev–Trinajstić information content (AvgIpc) is 3.81. The first-order chi connectivity index (χ1) is 24.2. The fourth-order valence-electron chi connectivity index (χ4n) is 5.73. The second kappa shape index (κ2) is 16.3. The van der Waals surface area contributed by atoms with Gasteiger partial charge < -0.3 is 43.6 Å². The molecular weight excluding hydrogens is 707 g/mol. The highest BCUT2D eigenvalue weighted by molar-refractivity contribution is 7.54. The van der Waals surface area contributed by atoms with Crippen LogP contribution < -0.4 is 9.84 Å². The maximum Gasteiger partial charge on any atom is 0.405 e. The lowest BCUT2D eigenvalue weighted by Gasteiger charge is -2.23. The van der Waals surface area contributed by atoms with Gasteiger partial charge in [-0.3, -0.25) is 9.32 Å². The number of halogens is 1. The van der Waals surface area contributed by atoms with Gasteiger partial charge in [0.2, 0.25) is 6.79 Å². The Morgan fingerprint density at radius 1 is 1.16 bits per heavy atom. The summed E-state index contributed by atoms with van der Waals surface area (Å²) in [6, 6.07) is 12.1. The summed E-state index contributed by atoms with van der Waals surface area (Å²) in [6.45, 7) is 5.19. The second-order valence-corrected chi connectivity index (χ2v) is 15.7. The molecule has 0 radical (unpaired) electrons. The lowest BCUT2D eigenvalue weighted by atomic mass is 9.98. The number of para-hydroxylation sites is 1. The molecule has 17 heteroatoms. The SMILES string of the molecule is C[C@H](O[P@@](=O)(COCC1O[C@@H](n2ccc3c(NC4CCCC4)c(C#N)c(Cl)nc32)[C@H](O)[C@@H]1O)Oc1ccccc1)C(=O)OCOC(=O)C(C)(C)C. The van der Waals surface area contributed by atoms with Crippen LogP contribution in [0.25, 0.3) is 11.0 Å². The number of carbonyl (C=O) groups is 2. The van der Waals surface area contributed by atoms with E-state index in [4.69, 9.17) is 39.6 Å². The average molecular weight is 749 g/mol. The molecule has 1 saturated carbocycles. The predicted octanol–water partition coefficient (Wildman–Crippen LogP) is 5.28. The first-order valence-electron chi connectivity index (χ1n) is 16.5. The molecule has 51 heavy (non-hydrogen) atoms. The number of nitrogens with one attached hydrogen (secondary N) is 1. The van der Waals surface area contributed by atoms with E-state index in [0.717, 1.165) is 25.7 Å². The number of fused-ring (bicyclic) bond motifs is 1. The van der Waals surface area contributed by atoms with Crippen LogP contribution in [0.2, 0.25) is 5.15 Å². The summed E-state index contributed by atoms with van der Waals surface area (Å²) in [7, 11) is -4.24. The Morgan fingerprint density at radius 2 is 1.86 bits per heavy atom. The van der Waals surface area contributed by atoms with Gasteiger partial charge in [-0.25, -0.2) is 14.3 Å². The molecule has 1 saturated heterocycles. The van der Waals surface area contributed by atoms with Gasteiger partial charge in [-0.1, -0.05) is 42.6 Å². The van der Waals surface area contributed by atoms with Gasteiger partial charge in [-0.05, 0) is 58.7 Å². The van der Waals surface area contributed by atoms with Crippen LogP contribution in [0.3, 0.4) is 0 Å². The van der Waals surface area contributed by atoms with Crippen molar-refractivity contribution in [1.82, 2.24) is 9.55 Å². The number of pyridine rings is 1. The number of nitrogens with zero attached hydrogens (tertiary/aromatic N) is 3. The minimum atomic E-state index is -4.24. The Morgan fingerprint density at radius 3 is 2.53 bits per heavy atom. The van der Waals surface area contributed by atoms with Gasteiger partial charge in [0.15, 0.2) is 23.8 Å². The van der Waals surface area contributed by atoms with Crippen molar-refractivity contribution in [2.24, 2.45) is 5.41 Å². The summed E-state index contributed by atoms with van der Waals surface area (Å²) < 4.78 is 48.3. The molecule has 2 fully saturated rings. The minimum Gasteiger partial charge on any atom is -0.427 e. The van der Waals surface area contributed by atoms with Gasteiger partial charge in [0.1, 0.15) is 41.3 Å². The third-order valence-corrected chi connectivity index (χ3v) is 10.3. The molecular formula is C34H42ClN4O11P. The number of nitriles is 1. The van der Waals surface area contributed by atoms with E-state index >= 15 is 0 Å². The molecule has 3 aromatic rings. The van der Waals surface area contributed by atoms with Crippen LogP contribution >= 0.6 is 19.2 Å². The molecule has 1 aliphatic heterocycles. The molecule has 1 aromatic carbocycles. The molecule has 6 atom stereocenters. The molecule has 0 spiro atoms. The zero-order valence-corrected chi connectivity index (χ0v) is 30.3. The molecule has 2 aliphatic rings. The minimum absolute atomic E-state index is 0.0171. The Balaban J connectivity index is 1.26. The van der Waals surface area contributed by atoms with Crippen LogP contribution in [0.15, 0.2) is 42.6 Å². The summed E-state index contributed by atoms with van der Waals surface area (Å²) >= 11 is 6.44. The van der Waals surface area contributed by atoms with Crippen LogP contribution in [0.5, 0.6) is 5.75 Å². The molecule has 5 rings (SSSR count). The zero-order valence-electron chi connectivity index (χ0n) is 28.7. The Labute approximate surface area is 300 Å². The molecule has 2 aromatic heterocycles. The van der Waals surface area contributed by atoms with Crippen molar-refractivity contribution < 1.29 is 52.4 Å². The number of carbonyl (C=O) groups excluding carboxylic acids is 2. The topological polar surface area (TPSA) is 201 Å². The van der Waals surface area contributed by atoms with Crippen molar-refractivity contribution in [2.45, 2.75) is 90.1 Å². The predicted molar refractivity (Wildman–Crippen MR) is 184 cm³/mol. The van der Waals surface area contributed by atoms with Crippen molar-refractivity contribution in [3.63, 3.8) is 0 Å². The van der Waals surface area contributed by atoms with E-state index in [2.05, 4.69) is 16.4 Å². The lowest BCUT2D eigenvalue weighted by Crippen LogP contribution is -2.34. The summed E-state index contributed by atoms with van der Waals surface area (Å²) in [5, 5.41) is 35.8. The van der Waals surface area contributed by atoms with Gasteiger partial charge in [0.25, 0.3) is 0 Å².